The lowest BCUT2D eigenvalue weighted by molar-refractivity contribution is 0.174. The molecule has 30 heavy (non-hydrogen) atoms. The van der Waals surface area contributed by atoms with E-state index in [0.717, 1.165) is 54.4 Å². The molecule has 0 saturated heterocycles. The second-order valence-electron chi connectivity index (χ2n) is 8.07. The number of ether oxygens (including phenoxy) is 3. The average molecular weight is 407 g/mol. The maximum absolute atomic E-state index is 5.55. The van der Waals surface area contributed by atoms with Crippen LogP contribution in [0.15, 0.2) is 42.5 Å². The number of fused-ring (bicyclic) bond motifs is 1. The smallest absolute Gasteiger partial charge is 0.231 e. The number of benzene rings is 2. The topological polar surface area (TPSA) is 83.3 Å². The third-order valence-electron chi connectivity index (χ3n) is 6.08. The molecule has 8 nitrogen and oxygen atoms in total. The summed E-state index contributed by atoms with van der Waals surface area (Å²) in [7, 11) is 1.68. The summed E-state index contributed by atoms with van der Waals surface area (Å²) >= 11 is 0. The van der Waals surface area contributed by atoms with E-state index in [-0.39, 0.29) is 12.3 Å². The lowest BCUT2D eigenvalue weighted by Gasteiger charge is -2.39. The molecule has 1 aromatic heterocycles. The molecule has 1 saturated carbocycles. The number of aromatic nitrogens is 4. The van der Waals surface area contributed by atoms with Crippen molar-refractivity contribution < 1.29 is 14.2 Å². The van der Waals surface area contributed by atoms with Crippen molar-refractivity contribution in [1.82, 2.24) is 20.2 Å². The second-order valence-corrected chi connectivity index (χ2v) is 8.07. The van der Waals surface area contributed by atoms with E-state index in [1.54, 1.807) is 7.11 Å². The highest BCUT2D eigenvalue weighted by Gasteiger charge is 2.41. The number of hydrogen-bond donors (Lipinski definition) is 1. The number of methoxy groups -OCH3 is 1. The SMILES string of the molecule is COc1cccc(NC2(c3nnnn3-c3ccc4c(c3)OCO4)CCC(C)CC2)c1. The summed E-state index contributed by atoms with van der Waals surface area (Å²) in [5.41, 5.74) is 1.47. The Hall–Kier alpha value is -3.29. The van der Waals surface area contributed by atoms with E-state index in [1.807, 2.05) is 41.1 Å². The fraction of sp³-hybridized carbons (Fsp3) is 0.409. The molecule has 1 N–H and O–H groups in total. The maximum atomic E-state index is 5.55. The average Bonchev–Trinajstić information content (AvgIpc) is 3.45. The van der Waals surface area contributed by atoms with E-state index in [1.165, 1.54) is 0 Å². The molecule has 2 aliphatic rings. The zero-order chi connectivity index (χ0) is 20.6. The van der Waals surface area contributed by atoms with E-state index in [0.29, 0.717) is 11.7 Å². The molecule has 1 aliphatic heterocycles. The van der Waals surface area contributed by atoms with Crippen molar-refractivity contribution in [3.05, 3.63) is 48.3 Å². The number of anilines is 1. The zero-order valence-corrected chi connectivity index (χ0v) is 17.2. The maximum Gasteiger partial charge on any atom is 0.231 e. The van der Waals surface area contributed by atoms with Crippen LogP contribution < -0.4 is 19.5 Å². The molecule has 2 heterocycles. The fourth-order valence-corrected chi connectivity index (χ4v) is 4.31. The number of hydrogen-bond acceptors (Lipinski definition) is 7. The Labute approximate surface area is 175 Å². The van der Waals surface area contributed by atoms with Gasteiger partial charge in [0.2, 0.25) is 6.79 Å². The van der Waals surface area contributed by atoms with Gasteiger partial charge in [0.25, 0.3) is 0 Å². The van der Waals surface area contributed by atoms with Gasteiger partial charge < -0.3 is 19.5 Å². The Bertz CT molecular complexity index is 1040. The highest BCUT2D eigenvalue weighted by atomic mass is 16.7. The van der Waals surface area contributed by atoms with Gasteiger partial charge in [-0.25, -0.2) is 0 Å². The summed E-state index contributed by atoms with van der Waals surface area (Å²) in [6.45, 7) is 2.54. The molecule has 1 fully saturated rings. The Morgan fingerprint density at radius 1 is 1.10 bits per heavy atom. The molecular weight excluding hydrogens is 382 g/mol. The first-order valence-electron chi connectivity index (χ1n) is 10.3. The summed E-state index contributed by atoms with van der Waals surface area (Å²) in [4.78, 5) is 0. The summed E-state index contributed by atoms with van der Waals surface area (Å²) in [6, 6.07) is 13.8. The highest BCUT2D eigenvalue weighted by Crippen LogP contribution is 2.42. The van der Waals surface area contributed by atoms with E-state index < -0.39 is 0 Å². The van der Waals surface area contributed by atoms with Crippen LogP contribution in [-0.4, -0.2) is 34.1 Å². The molecule has 0 unspecified atom stereocenters. The first kappa shape index (κ1) is 18.7. The van der Waals surface area contributed by atoms with E-state index >= 15 is 0 Å². The van der Waals surface area contributed by atoms with Gasteiger partial charge in [-0.3, -0.25) is 0 Å². The number of nitrogens with one attached hydrogen (secondary N) is 1. The molecule has 0 spiro atoms. The standard InChI is InChI=1S/C22H25N5O3/c1-15-8-10-22(11-9-15,23-16-4-3-5-18(12-16)28-2)21-24-25-26-27(21)17-6-7-19-20(13-17)30-14-29-19/h3-7,12-13,15,23H,8-11,14H2,1-2H3. The molecule has 2 aromatic carbocycles. The van der Waals surface area contributed by atoms with Gasteiger partial charge in [-0.2, -0.15) is 4.68 Å². The van der Waals surface area contributed by atoms with Crippen molar-refractivity contribution in [3.8, 4) is 22.9 Å². The van der Waals surface area contributed by atoms with Crippen molar-refractivity contribution >= 4 is 5.69 Å². The van der Waals surface area contributed by atoms with Gasteiger partial charge in [0.1, 0.15) is 5.75 Å². The molecule has 0 radical (unpaired) electrons. The Balaban J connectivity index is 1.55. The van der Waals surface area contributed by atoms with Crippen LogP contribution in [0.5, 0.6) is 17.2 Å². The minimum atomic E-state index is -0.376. The fourth-order valence-electron chi connectivity index (χ4n) is 4.31. The van der Waals surface area contributed by atoms with Crippen LogP contribution in [-0.2, 0) is 5.54 Å². The lowest BCUT2D eigenvalue weighted by atomic mass is 9.76. The van der Waals surface area contributed by atoms with Crippen molar-refractivity contribution in [2.75, 3.05) is 19.2 Å². The predicted octanol–water partition coefficient (Wildman–Crippen LogP) is 3.92. The molecular formula is C22H25N5O3. The van der Waals surface area contributed by atoms with Gasteiger partial charge >= 0.3 is 0 Å². The molecule has 0 bridgehead atoms. The molecule has 0 amide bonds. The zero-order valence-electron chi connectivity index (χ0n) is 17.2. The van der Waals surface area contributed by atoms with Gasteiger partial charge in [-0.15, -0.1) is 5.10 Å². The summed E-state index contributed by atoms with van der Waals surface area (Å²) in [6.07, 6.45) is 4.09. The Morgan fingerprint density at radius 3 is 2.77 bits per heavy atom. The first-order valence-corrected chi connectivity index (χ1v) is 10.3. The Kier molecular flexibility index (Phi) is 4.69. The summed E-state index contributed by atoms with van der Waals surface area (Å²) < 4.78 is 18.2. The van der Waals surface area contributed by atoms with Crippen LogP contribution >= 0.6 is 0 Å². The van der Waals surface area contributed by atoms with Crippen LogP contribution in [0.4, 0.5) is 5.69 Å². The molecule has 3 aromatic rings. The number of tetrazole rings is 1. The van der Waals surface area contributed by atoms with Crippen LogP contribution in [0, 0.1) is 5.92 Å². The van der Waals surface area contributed by atoms with Crippen LogP contribution in [0.25, 0.3) is 5.69 Å². The molecule has 5 rings (SSSR count). The second kappa shape index (κ2) is 7.51. The van der Waals surface area contributed by atoms with Crippen LogP contribution in [0.2, 0.25) is 0 Å². The third kappa shape index (κ3) is 3.32. The Morgan fingerprint density at radius 2 is 1.93 bits per heavy atom. The van der Waals surface area contributed by atoms with Crippen molar-refractivity contribution in [2.24, 2.45) is 5.92 Å². The minimum absolute atomic E-state index is 0.237. The van der Waals surface area contributed by atoms with Gasteiger partial charge in [-0.05, 0) is 66.3 Å². The van der Waals surface area contributed by atoms with Gasteiger partial charge in [-0.1, -0.05) is 13.0 Å². The van der Waals surface area contributed by atoms with E-state index in [2.05, 4.69) is 33.8 Å². The first-order chi connectivity index (χ1) is 14.7. The molecule has 8 heteroatoms. The third-order valence-corrected chi connectivity index (χ3v) is 6.08. The molecule has 1 aliphatic carbocycles. The van der Waals surface area contributed by atoms with Crippen molar-refractivity contribution in [1.29, 1.82) is 0 Å². The van der Waals surface area contributed by atoms with Gasteiger partial charge in [0.15, 0.2) is 17.3 Å². The monoisotopic (exact) mass is 407 g/mol. The largest absolute Gasteiger partial charge is 0.497 e. The molecule has 0 atom stereocenters. The minimum Gasteiger partial charge on any atom is -0.497 e. The summed E-state index contributed by atoms with van der Waals surface area (Å²) in [5, 5.41) is 16.6. The van der Waals surface area contributed by atoms with Crippen molar-refractivity contribution in [2.45, 2.75) is 38.1 Å². The number of rotatable bonds is 5. The summed E-state index contributed by atoms with van der Waals surface area (Å²) in [5.74, 6) is 3.75. The molecule has 156 valence electrons. The predicted molar refractivity (Wildman–Crippen MR) is 111 cm³/mol. The van der Waals surface area contributed by atoms with E-state index in [4.69, 9.17) is 14.2 Å². The van der Waals surface area contributed by atoms with Gasteiger partial charge in [0, 0.05) is 17.8 Å². The lowest BCUT2D eigenvalue weighted by Crippen LogP contribution is -2.41. The van der Waals surface area contributed by atoms with Crippen LogP contribution in [0.1, 0.15) is 38.4 Å². The normalized spacial score (nSPS) is 22.7. The van der Waals surface area contributed by atoms with Crippen LogP contribution in [0.3, 0.4) is 0 Å². The van der Waals surface area contributed by atoms with E-state index in [9.17, 15) is 0 Å². The quantitative estimate of drug-likeness (QED) is 0.686. The van der Waals surface area contributed by atoms with Gasteiger partial charge in [0.05, 0.1) is 18.3 Å². The number of nitrogens with zero attached hydrogens (tertiary/aromatic N) is 4. The highest BCUT2D eigenvalue weighted by molar-refractivity contribution is 5.53. The van der Waals surface area contributed by atoms with Crippen molar-refractivity contribution in [3.63, 3.8) is 0 Å².